The lowest BCUT2D eigenvalue weighted by molar-refractivity contribution is 0.0912. The second-order valence-corrected chi connectivity index (χ2v) is 13.7. The van der Waals surface area contributed by atoms with E-state index < -0.39 is 14.5 Å². The van der Waals surface area contributed by atoms with Crippen LogP contribution in [-0.2, 0) is 9.16 Å². The molecule has 0 saturated heterocycles. The minimum atomic E-state index is -2.16. The molecule has 0 atom stereocenters. The Hall–Kier alpha value is -0.513. The molecule has 3 nitrogen and oxygen atoms in total. The molecule has 25 heavy (non-hydrogen) atoms. The van der Waals surface area contributed by atoms with Crippen LogP contribution in [0.1, 0.15) is 106 Å². The van der Waals surface area contributed by atoms with Gasteiger partial charge in [0, 0.05) is 0 Å². The van der Waals surface area contributed by atoms with Crippen LogP contribution in [0.2, 0.25) is 16.6 Å². The molecule has 0 aromatic heterocycles. The third-order valence-corrected chi connectivity index (χ3v) is 11.4. The zero-order valence-electron chi connectivity index (χ0n) is 18.0. The minimum absolute atomic E-state index is 0.396. The predicted octanol–water partition coefficient (Wildman–Crippen LogP) is 7.85. The summed E-state index contributed by atoms with van der Waals surface area (Å²) in [4.78, 5) is 12.2. The normalized spacial score (nSPS) is 12.2. The second kappa shape index (κ2) is 13.7. The first-order valence-corrected chi connectivity index (χ1v) is 12.8. The number of hydrogen-bond acceptors (Lipinski definition) is 3. The molecule has 0 fully saturated rings. The molecule has 0 N–H and O–H groups in total. The smallest absolute Gasteiger partial charge is 0.488 e. The molecular weight excluding hydrogens is 328 g/mol. The van der Waals surface area contributed by atoms with Crippen LogP contribution in [0.3, 0.4) is 0 Å². The Morgan fingerprint density at radius 3 is 1.52 bits per heavy atom. The maximum absolute atomic E-state index is 12.2. The van der Waals surface area contributed by atoms with Crippen LogP contribution in [-0.4, -0.2) is 21.1 Å². The first-order valence-electron chi connectivity index (χ1n) is 10.6. The summed E-state index contributed by atoms with van der Waals surface area (Å²) in [7, 11) is -2.16. The monoisotopic (exact) mass is 372 g/mol. The molecule has 0 aromatic rings. The van der Waals surface area contributed by atoms with Crippen molar-refractivity contribution in [3.8, 4) is 0 Å². The van der Waals surface area contributed by atoms with E-state index in [1.165, 1.54) is 44.9 Å². The summed E-state index contributed by atoms with van der Waals surface area (Å²) in [6, 6.07) is 0. The molecule has 0 aliphatic heterocycles. The van der Waals surface area contributed by atoms with Gasteiger partial charge in [-0.15, -0.1) is 0 Å². The molecule has 0 radical (unpaired) electrons. The van der Waals surface area contributed by atoms with Gasteiger partial charge in [-0.05, 0) is 23.0 Å². The number of carbonyl (C=O) groups excluding carboxylic acids is 1. The van der Waals surface area contributed by atoms with Crippen LogP contribution < -0.4 is 0 Å². The van der Waals surface area contributed by atoms with E-state index in [0.717, 1.165) is 12.8 Å². The molecule has 0 unspecified atom stereocenters. The average molecular weight is 373 g/mol. The first kappa shape index (κ1) is 24.5. The van der Waals surface area contributed by atoms with Crippen molar-refractivity contribution in [1.82, 2.24) is 0 Å². The highest BCUT2D eigenvalue weighted by Crippen LogP contribution is 2.42. The summed E-state index contributed by atoms with van der Waals surface area (Å²) in [5.41, 5.74) is 1.19. The second-order valence-electron chi connectivity index (χ2n) is 8.35. The van der Waals surface area contributed by atoms with Crippen LogP contribution in [0.25, 0.3) is 0 Å². The number of unbranched alkanes of at least 4 members (excludes halogenated alkanes) is 8. The maximum atomic E-state index is 12.2. The number of rotatable bonds is 14. The van der Waals surface area contributed by atoms with Crippen LogP contribution in [0.4, 0.5) is 4.79 Å². The molecular formula is C21H44O3Si. The van der Waals surface area contributed by atoms with Crippen molar-refractivity contribution >= 4 is 14.5 Å². The maximum Gasteiger partial charge on any atom is 0.494 e. The molecule has 0 aliphatic carbocycles. The van der Waals surface area contributed by atoms with Gasteiger partial charge in [0.2, 0.25) is 0 Å². The fourth-order valence-electron chi connectivity index (χ4n) is 4.10. The fraction of sp³-hybridized carbons (Fsp3) is 0.952. The van der Waals surface area contributed by atoms with E-state index >= 15 is 0 Å². The van der Waals surface area contributed by atoms with Gasteiger partial charge in [0.25, 0.3) is 8.32 Å². The van der Waals surface area contributed by atoms with E-state index in [0.29, 0.717) is 23.2 Å². The largest absolute Gasteiger partial charge is 0.494 e. The van der Waals surface area contributed by atoms with Gasteiger partial charge < -0.3 is 9.16 Å². The van der Waals surface area contributed by atoms with E-state index in [4.69, 9.17) is 9.16 Å². The van der Waals surface area contributed by atoms with Gasteiger partial charge in [-0.2, -0.15) is 0 Å². The van der Waals surface area contributed by atoms with Crippen LogP contribution in [0, 0.1) is 0 Å². The molecule has 0 bridgehead atoms. The molecule has 0 rings (SSSR count). The summed E-state index contributed by atoms with van der Waals surface area (Å²) >= 11 is 0. The van der Waals surface area contributed by atoms with Crippen molar-refractivity contribution in [1.29, 1.82) is 0 Å². The average Bonchev–Trinajstić information content (AvgIpc) is 2.53. The molecule has 0 aliphatic rings. The molecule has 4 heteroatoms. The van der Waals surface area contributed by atoms with Gasteiger partial charge in [-0.3, -0.25) is 0 Å². The lowest BCUT2D eigenvalue weighted by Crippen LogP contribution is -2.49. The van der Waals surface area contributed by atoms with Gasteiger partial charge >= 0.3 is 6.16 Å². The van der Waals surface area contributed by atoms with E-state index in [9.17, 15) is 4.79 Å². The predicted molar refractivity (Wildman–Crippen MR) is 111 cm³/mol. The topological polar surface area (TPSA) is 35.5 Å². The molecule has 0 heterocycles. The van der Waals surface area contributed by atoms with E-state index in [-0.39, 0.29) is 0 Å². The van der Waals surface area contributed by atoms with E-state index in [1.54, 1.807) is 0 Å². The van der Waals surface area contributed by atoms with Crippen molar-refractivity contribution in [2.24, 2.45) is 0 Å². The molecule has 150 valence electrons. The standard InChI is InChI=1S/C21H44O3Si/c1-8-9-10-11-12-13-14-15-16-17-23-21(22)24-25(18(2)3,19(4)5)20(6)7/h18-20H,8-17H2,1-7H3. The number of hydrogen-bond donors (Lipinski definition) is 0. The highest BCUT2D eigenvalue weighted by molar-refractivity contribution is 6.78. The Kier molecular flexibility index (Phi) is 13.4. The van der Waals surface area contributed by atoms with Gasteiger partial charge in [0.15, 0.2) is 0 Å². The van der Waals surface area contributed by atoms with Crippen molar-refractivity contribution in [2.75, 3.05) is 6.61 Å². The molecule has 0 amide bonds. The van der Waals surface area contributed by atoms with Gasteiger partial charge in [0.05, 0.1) is 6.61 Å². The summed E-state index contributed by atoms with van der Waals surface area (Å²) in [5.74, 6) is 0. The Bertz CT molecular complexity index is 318. The third kappa shape index (κ3) is 9.12. The summed E-state index contributed by atoms with van der Waals surface area (Å²) < 4.78 is 11.4. The molecule has 0 aromatic carbocycles. The lowest BCUT2D eigenvalue weighted by Gasteiger charge is -2.40. The highest BCUT2D eigenvalue weighted by Gasteiger charge is 2.48. The zero-order valence-corrected chi connectivity index (χ0v) is 19.0. The summed E-state index contributed by atoms with van der Waals surface area (Å²) in [5, 5.41) is 0. The lowest BCUT2D eigenvalue weighted by atomic mass is 10.1. The first-order chi connectivity index (χ1) is 11.8. The highest BCUT2D eigenvalue weighted by atomic mass is 28.4. The molecule has 0 saturated carbocycles. The SMILES string of the molecule is CCCCCCCCCCCOC(=O)O[Si](C(C)C)(C(C)C)C(C)C. The summed E-state index contributed by atoms with van der Waals surface area (Å²) in [6.45, 7) is 15.8. The Labute approximate surface area is 158 Å². The zero-order chi connectivity index (χ0) is 19.3. The fourth-order valence-corrected chi connectivity index (χ4v) is 9.15. The van der Waals surface area contributed by atoms with Crippen molar-refractivity contribution in [3.05, 3.63) is 0 Å². The molecule has 0 spiro atoms. The summed E-state index contributed by atoms with van der Waals surface area (Å²) in [6.07, 6.45) is 10.9. The quantitative estimate of drug-likeness (QED) is 0.177. The van der Waals surface area contributed by atoms with Crippen LogP contribution >= 0.6 is 0 Å². The van der Waals surface area contributed by atoms with Crippen LogP contribution in [0.15, 0.2) is 0 Å². The van der Waals surface area contributed by atoms with Crippen LogP contribution in [0.5, 0.6) is 0 Å². The van der Waals surface area contributed by atoms with Crippen molar-refractivity contribution < 1.29 is 14.0 Å². The van der Waals surface area contributed by atoms with E-state index in [1.807, 2.05) is 0 Å². The Morgan fingerprint density at radius 1 is 0.720 bits per heavy atom. The number of carbonyl (C=O) groups is 1. The Balaban J connectivity index is 3.99. The Morgan fingerprint density at radius 2 is 1.12 bits per heavy atom. The van der Waals surface area contributed by atoms with Gasteiger partial charge in [-0.25, -0.2) is 4.79 Å². The van der Waals surface area contributed by atoms with E-state index in [2.05, 4.69) is 48.5 Å². The van der Waals surface area contributed by atoms with Gasteiger partial charge in [-0.1, -0.05) is 99.8 Å². The van der Waals surface area contributed by atoms with Gasteiger partial charge in [0.1, 0.15) is 0 Å². The van der Waals surface area contributed by atoms with Crippen molar-refractivity contribution in [2.45, 2.75) is 123 Å². The van der Waals surface area contributed by atoms with Crippen molar-refractivity contribution in [3.63, 3.8) is 0 Å². The third-order valence-electron chi connectivity index (χ3n) is 5.44. The minimum Gasteiger partial charge on any atom is -0.488 e. The number of ether oxygens (including phenoxy) is 1.